The van der Waals surface area contributed by atoms with Gasteiger partial charge in [-0.25, -0.2) is 4.39 Å². The lowest BCUT2D eigenvalue weighted by atomic mass is 10.0. The molecule has 0 aliphatic heterocycles. The first-order valence-electron chi connectivity index (χ1n) is 10.3. The highest BCUT2D eigenvalue weighted by atomic mass is 19.1. The van der Waals surface area contributed by atoms with E-state index >= 15 is 0 Å². The molecule has 32 heavy (non-hydrogen) atoms. The lowest BCUT2D eigenvalue weighted by Crippen LogP contribution is -2.11. The van der Waals surface area contributed by atoms with Crippen molar-refractivity contribution >= 4 is 28.8 Å². The van der Waals surface area contributed by atoms with Gasteiger partial charge in [-0.2, -0.15) is 0 Å². The van der Waals surface area contributed by atoms with Crippen LogP contribution in [0, 0.1) is 5.82 Å². The van der Waals surface area contributed by atoms with Crippen molar-refractivity contribution in [2.24, 2.45) is 0 Å². The fourth-order valence-corrected chi connectivity index (χ4v) is 3.95. The van der Waals surface area contributed by atoms with Crippen LogP contribution in [-0.2, 0) is 4.79 Å². The maximum absolute atomic E-state index is 14.1. The smallest absolute Gasteiger partial charge is 0.228 e. The number of rotatable bonds is 6. The molecule has 0 unspecified atom stereocenters. The Morgan fingerprint density at radius 1 is 0.938 bits per heavy atom. The van der Waals surface area contributed by atoms with E-state index in [1.165, 1.54) is 12.1 Å². The number of amides is 1. The minimum absolute atomic E-state index is 0.148. The van der Waals surface area contributed by atoms with Crippen LogP contribution in [0.5, 0.6) is 11.5 Å². The number of para-hydroxylation sites is 1. The average Bonchev–Trinajstić information content (AvgIpc) is 3.04. The zero-order valence-corrected chi connectivity index (χ0v) is 18.2. The van der Waals surface area contributed by atoms with Crippen LogP contribution in [0.25, 0.3) is 17.2 Å². The quantitative estimate of drug-likeness (QED) is 0.508. The van der Waals surface area contributed by atoms with E-state index < -0.39 is 0 Å². The van der Waals surface area contributed by atoms with Crippen molar-refractivity contribution < 1.29 is 18.7 Å². The molecule has 0 saturated heterocycles. The Balaban J connectivity index is 1.73. The Morgan fingerprint density at radius 2 is 1.62 bits per heavy atom. The molecule has 1 N–H and O–H groups in total. The van der Waals surface area contributed by atoms with E-state index in [2.05, 4.69) is 5.32 Å². The van der Waals surface area contributed by atoms with Crippen molar-refractivity contribution in [3.8, 4) is 11.5 Å². The molecule has 0 spiro atoms. The summed E-state index contributed by atoms with van der Waals surface area (Å²) in [6.45, 7) is 1.96. The monoisotopic (exact) mass is 429 g/mol. The van der Waals surface area contributed by atoms with Crippen LogP contribution < -0.4 is 14.8 Å². The summed E-state index contributed by atoms with van der Waals surface area (Å²) in [5.74, 6) is 0.877. The van der Waals surface area contributed by atoms with Crippen LogP contribution in [0.15, 0.2) is 72.3 Å². The molecule has 0 saturated carbocycles. The van der Waals surface area contributed by atoms with E-state index in [1.807, 2.05) is 61.5 Å². The molecule has 4 nitrogen and oxygen atoms in total. The first-order valence-corrected chi connectivity index (χ1v) is 10.3. The number of methoxy groups -OCH3 is 2. The third kappa shape index (κ3) is 4.42. The number of fused-ring (bicyclic) bond motifs is 1. The number of carbonyl (C=O) groups is 1. The molecule has 5 heteroatoms. The highest BCUT2D eigenvalue weighted by Gasteiger charge is 2.26. The molecular weight excluding hydrogens is 405 g/mol. The van der Waals surface area contributed by atoms with Gasteiger partial charge < -0.3 is 14.8 Å². The minimum atomic E-state index is -0.332. The molecular formula is C27H24FNO3. The number of hydrogen-bond acceptors (Lipinski definition) is 3. The summed E-state index contributed by atoms with van der Waals surface area (Å²) in [6, 6.07) is 19.6. The third-order valence-electron chi connectivity index (χ3n) is 5.53. The Morgan fingerprint density at radius 3 is 2.28 bits per heavy atom. The van der Waals surface area contributed by atoms with Crippen molar-refractivity contribution in [2.75, 3.05) is 19.5 Å². The number of anilines is 1. The summed E-state index contributed by atoms with van der Waals surface area (Å²) in [4.78, 5) is 12.7. The number of ether oxygens (including phenoxy) is 2. The van der Waals surface area contributed by atoms with Crippen molar-refractivity contribution in [2.45, 2.75) is 13.3 Å². The zero-order chi connectivity index (χ0) is 22.7. The third-order valence-corrected chi connectivity index (χ3v) is 5.53. The van der Waals surface area contributed by atoms with E-state index in [9.17, 15) is 9.18 Å². The molecule has 4 rings (SSSR count). The average molecular weight is 429 g/mol. The van der Waals surface area contributed by atoms with E-state index in [0.717, 1.165) is 39.1 Å². The van der Waals surface area contributed by atoms with Gasteiger partial charge in [-0.15, -0.1) is 0 Å². The van der Waals surface area contributed by atoms with Gasteiger partial charge in [0.2, 0.25) is 5.91 Å². The highest BCUT2D eigenvalue weighted by Crippen LogP contribution is 2.44. The molecule has 162 valence electrons. The molecule has 1 amide bonds. The lowest BCUT2D eigenvalue weighted by Gasteiger charge is -2.08. The number of allylic oxidation sites excluding steroid dienone is 2. The Hall–Kier alpha value is -3.86. The van der Waals surface area contributed by atoms with Crippen molar-refractivity contribution in [1.82, 2.24) is 0 Å². The summed E-state index contributed by atoms with van der Waals surface area (Å²) >= 11 is 0. The standard InChI is InChI=1S/C27H24FNO3/c1-17-24(13-18-11-21(31-2)15-22(12-18)32-3)23-10-9-19(28)14-26(23)25(17)16-27(30)29-20-7-5-4-6-8-20/h4-15H,16H2,1-3H3,(H,29,30)/b24-13-. The first kappa shape index (κ1) is 21.4. The van der Waals surface area contributed by atoms with Crippen molar-refractivity contribution in [3.63, 3.8) is 0 Å². The largest absolute Gasteiger partial charge is 0.497 e. The Kier molecular flexibility index (Phi) is 6.08. The fraction of sp³-hybridized carbons (Fsp3) is 0.148. The number of hydrogen-bond donors (Lipinski definition) is 1. The summed E-state index contributed by atoms with van der Waals surface area (Å²) in [5.41, 5.74) is 5.95. The maximum atomic E-state index is 14.1. The van der Waals surface area contributed by atoms with Gasteiger partial charge in [-0.3, -0.25) is 4.79 Å². The number of benzene rings is 3. The lowest BCUT2D eigenvalue weighted by molar-refractivity contribution is -0.115. The predicted octanol–water partition coefficient (Wildman–Crippen LogP) is 6.20. The van der Waals surface area contributed by atoms with Gasteiger partial charge in [0.1, 0.15) is 17.3 Å². The number of carbonyl (C=O) groups excluding carboxylic acids is 1. The molecule has 0 heterocycles. The maximum Gasteiger partial charge on any atom is 0.228 e. The summed E-state index contributed by atoms with van der Waals surface area (Å²) < 4.78 is 24.9. The minimum Gasteiger partial charge on any atom is -0.497 e. The van der Waals surface area contributed by atoms with E-state index in [0.29, 0.717) is 11.5 Å². The molecule has 3 aromatic rings. The van der Waals surface area contributed by atoms with Gasteiger partial charge in [-0.1, -0.05) is 24.3 Å². The van der Waals surface area contributed by atoms with Gasteiger partial charge >= 0.3 is 0 Å². The van der Waals surface area contributed by atoms with Crippen LogP contribution >= 0.6 is 0 Å². The molecule has 0 radical (unpaired) electrons. The van der Waals surface area contributed by atoms with Gasteiger partial charge in [0.15, 0.2) is 0 Å². The summed E-state index contributed by atoms with van der Waals surface area (Å²) in [6.07, 6.45) is 2.16. The van der Waals surface area contributed by atoms with Crippen LogP contribution in [0.4, 0.5) is 10.1 Å². The second kappa shape index (κ2) is 9.10. The van der Waals surface area contributed by atoms with E-state index in [-0.39, 0.29) is 18.1 Å². The zero-order valence-electron chi connectivity index (χ0n) is 18.2. The number of nitrogens with one attached hydrogen (secondary N) is 1. The molecule has 0 fully saturated rings. The molecule has 0 aromatic heterocycles. The van der Waals surface area contributed by atoms with Crippen LogP contribution in [-0.4, -0.2) is 20.1 Å². The normalized spacial score (nSPS) is 13.8. The van der Waals surface area contributed by atoms with Crippen molar-refractivity contribution in [1.29, 1.82) is 0 Å². The highest BCUT2D eigenvalue weighted by molar-refractivity contribution is 6.09. The molecule has 3 aromatic carbocycles. The van der Waals surface area contributed by atoms with Gasteiger partial charge in [-0.05, 0) is 82.8 Å². The topological polar surface area (TPSA) is 47.6 Å². The molecule has 0 atom stereocenters. The Bertz CT molecular complexity index is 1210. The van der Waals surface area contributed by atoms with E-state index in [4.69, 9.17) is 9.47 Å². The van der Waals surface area contributed by atoms with Crippen molar-refractivity contribution in [3.05, 3.63) is 94.8 Å². The predicted molar refractivity (Wildman–Crippen MR) is 126 cm³/mol. The SMILES string of the molecule is COc1cc(/C=C2/C(C)=C(CC(=O)Nc3ccccc3)c3cc(F)ccc32)cc(OC)c1. The molecule has 1 aliphatic carbocycles. The second-order valence-corrected chi connectivity index (χ2v) is 7.59. The first-order chi connectivity index (χ1) is 15.5. The Labute approximate surface area is 187 Å². The molecule has 0 bridgehead atoms. The van der Waals surface area contributed by atoms with E-state index in [1.54, 1.807) is 20.3 Å². The fourth-order valence-electron chi connectivity index (χ4n) is 3.95. The van der Waals surface area contributed by atoms with Crippen LogP contribution in [0.3, 0.4) is 0 Å². The van der Waals surface area contributed by atoms with Crippen LogP contribution in [0.2, 0.25) is 0 Å². The van der Waals surface area contributed by atoms with Crippen LogP contribution in [0.1, 0.15) is 30.0 Å². The van der Waals surface area contributed by atoms with Gasteiger partial charge in [0.05, 0.1) is 20.6 Å². The second-order valence-electron chi connectivity index (χ2n) is 7.59. The summed E-state index contributed by atoms with van der Waals surface area (Å²) in [5, 5.41) is 2.91. The van der Waals surface area contributed by atoms with Gasteiger partial charge in [0, 0.05) is 11.8 Å². The molecule has 1 aliphatic rings. The van der Waals surface area contributed by atoms with Gasteiger partial charge in [0.25, 0.3) is 0 Å². The number of halogens is 1. The summed E-state index contributed by atoms with van der Waals surface area (Å²) in [7, 11) is 3.21.